The van der Waals surface area contributed by atoms with Gasteiger partial charge >= 0.3 is 0 Å². The molecule has 0 fully saturated rings. The number of H-pyrrole nitrogens is 1. The van der Waals surface area contributed by atoms with Crippen molar-refractivity contribution in [1.29, 1.82) is 0 Å². The number of aromatic nitrogens is 5. The van der Waals surface area contributed by atoms with Gasteiger partial charge in [0.1, 0.15) is 19.0 Å². The van der Waals surface area contributed by atoms with Crippen molar-refractivity contribution >= 4 is 10.9 Å². The van der Waals surface area contributed by atoms with E-state index in [0.29, 0.717) is 62.0 Å². The molecule has 40 heavy (non-hydrogen) atoms. The number of nitrogens with one attached hydrogen (secondary N) is 1. The van der Waals surface area contributed by atoms with E-state index in [2.05, 4.69) is 37.5 Å². The van der Waals surface area contributed by atoms with E-state index in [1.165, 1.54) is 5.56 Å². The molecule has 10 nitrogen and oxygen atoms in total. The van der Waals surface area contributed by atoms with Gasteiger partial charge in [-0.25, -0.2) is 4.68 Å². The molecule has 1 aliphatic rings. The van der Waals surface area contributed by atoms with E-state index in [1.807, 2.05) is 65.3 Å². The summed E-state index contributed by atoms with van der Waals surface area (Å²) in [7, 11) is 1.66. The molecule has 10 heteroatoms. The molecule has 0 atom stereocenters. The van der Waals surface area contributed by atoms with E-state index >= 15 is 0 Å². The highest BCUT2D eigenvalue weighted by Crippen LogP contribution is 2.33. The van der Waals surface area contributed by atoms with Crippen LogP contribution >= 0.6 is 0 Å². The maximum absolute atomic E-state index is 13.2. The van der Waals surface area contributed by atoms with Gasteiger partial charge in [-0.3, -0.25) is 9.69 Å². The van der Waals surface area contributed by atoms with Crippen molar-refractivity contribution in [3.05, 3.63) is 106 Å². The molecule has 3 aromatic carbocycles. The van der Waals surface area contributed by atoms with E-state index < -0.39 is 0 Å². The summed E-state index contributed by atoms with van der Waals surface area (Å²) in [4.78, 5) is 18.4. The van der Waals surface area contributed by atoms with E-state index in [4.69, 9.17) is 14.2 Å². The predicted octanol–water partition coefficient (Wildman–Crippen LogP) is 3.74. The van der Waals surface area contributed by atoms with Gasteiger partial charge in [0, 0.05) is 42.2 Å². The number of aryl methyl sites for hydroxylation is 2. The van der Waals surface area contributed by atoms with Crippen molar-refractivity contribution in [2.24, 2.45) is 0 Å². The molecule has 0 unspecified atom stereocenters. The quantitative estimate of drug-likeness (QED) is 0.287. The third kappa shape index (κ3) is 5.67. The van der Waals surface area contributed by atoms with Gasteiger partial charge in [-0.2, -0.15) is 0 Å². The van der Waals surface area contributed by atoms with Gasteiger partial charge in [0.15, 0.2) is 17.3 Å². The first-order valence-electron chi connectivity index (χ1n) is 13.2. The minimum absolute atomic E-state index is 0.155. The number of fused-ring (bicyclic) bond motifs is 2. The summed E-state index contributed by atoms with van der Waals surface area (Å²) in [5, 5.41) is 13.4. The van der Waals surface area contributed by atoms with Crippen molar-refractivity contribution in [3.8, 4) is 17.2 Å². The molecule has 2 aromatic heterocycles. The lowest BCUT2D eigenvalue weighted by molar-refractivity contribution is 0.172. The SMILES string of the molecule is COc1ccccc1CN(Cc1cc2cc3c(cc2[nH]c1=O)OCCO3)Cc1nnnn1CCc1ccccc1. The Balaban J connectivity index is 1.29. The zero-order valence-corrected chi connectivity index (χ0v) is 22.2. The van der Waals surface area contributed by atoms with Crippen molar-refractivity contribution in [1.82, 2.24) is 30.1 Å². The normalized spacial score (nSPS) is 12.7. The molecule has 0 radical (unpaired) electrons. The number of benzene rings is 3. The fourth-order valence-electron chi connectivity index (χ4n) is 4.98. The lowest BCUT2D eigenvalue weighted by Crippen LogP contribution is -2.28. The van der Waals surface area contributed by atoms with E-state index in [9.17, 15) is 4.79 Å². The summed E-state index contributed by atoms with van der Waals surface area (Å²) < 4.78 is 18.9. The van der Waals surface area contributed by atoms with Crippen LogP contribution in [-0.2, 0) is 32.6 Å². The molecule has 6 rings (SSSR count). The van der Waals surface area contributed by atoms with Gasteiger partial charge in [0.05, 0.1) is 19.2 Å². The zero-order valence-electron chi connectivity index (χ0n) is 22.2. The van der Waals surface area contributed by atoms with Gasteiger partial charge in [-0.15, -0.1) is 5.10 Å². The molecule has 0 aliphatic carbocycles. The first-order chi connectivity index (χ1) is 19.7. The van der Waals surface area contributed by atoms with Gasteiger partial charge in [-0.05, 0) is 40.6 Å². The average Bonchev–Trinajstić information content (AvgIpc) is 3.43. The molecule has 1 aliphatic heterocycles. The average molecular weight is 539 g/mol. The molecule has 0 bridgehead atoms. The molecule has 0 saturated carbocycles. The molecule has 204 valence electrons. The molecular weight excluding hydrogens is 508 g/mol. The molecule has 0 spiro atoms. The lowest BCUT2D eigenvalue weighted by atomic mass is 10.1. The Morgan fingerprint density at radius 3 is 2.50 bits per heavy atom. The Morgan fingerprint density at radius 1 is 0.925 bits per heavy atom. The number of nitrogens with zero attached hydrogens (tertiary/aromatic N) is 5. The number of hydrogen-bond donors (Lipinski definition) is 1. The smallest absolute Gasteiger partial charge is 0.252 e. The van der Waals surface area contributed by atoms with E-state index in [0.717, 1.165) is 28.9 Å². The van der Waals surface area contributed by atoms with Crippen LogP contribution in [0.15, 0.2) is 77.6 Å². The van der Waals surface area contributed by atoms with Crippen molar-refractivity contribution in [3.63, 3.8) is 0 Å². The van der Waals surface area contributed by atoms with Gasteiger partial charge in [0.25, 0.3) is 5.56 Å². The molecule has 3 heterocycles. The number of para-hydroxylation sites is 1. The maximum atomic E-state index is 13.2. The second-order valence-electron chi connectivity index (χ2n) is 9.72. The fraction of sp³-hybridized carbons (Fsp3) is 0.267. The first kappa shape index (κ1) is 25.6. The van der Waals surface area contributed by atoms with Gasteiger partial charge < -0.3 is 19.2 Å². The first-order valence-corrected chi connectivity index (χ1v) is 13.2. The largest absolute Gasteiger partial charge is 0.496 e. The van der Waals surface area contributed by atoms with Crippen LogP contribution in [0.25, 0.3) is 10.9 Å². The monoisotopic (exact) mass is 538 g/mol. The fourth-order valence-corrected chi connectivity index (χ4v) is 4.98. The number of hydrogen-bond acceptors (Lipinski definition) is 8. The summed E-state index contributed by atoms with van der Waals surface area (Å²) in [6, 6.07) is 23.8. The Morgan fingerprint density at radius 2 is 1.68 bits per heavy atom. The minimum atomic E-state index is -0.155. The van der Waals surface area contributed by atoms with E-state index in [1.54, 1.807) is 7.11 Å². The number of methoxy groups -OCH3 is 1. The standard InChI is InChI=1S/C30H30N6O4/c1-38-26-10-6-5-9-22(26)18-35(20-29-32-33-34-36(29)12-11-21-7-3-2-4-8-21)19-24-15-23-16-27-28(40-14-13-39-27)17-25(23)31-30(24)37/h2-10,15-17H,11-14,18-20H2,1H3,(H,31,37). The summed E-state index contributed by atoms with van der Waals surface area (Å²) in [5.41, 5.74) is 3.40. The second kappa shape index (κ2) is 11.6. The zero-order chi connectivity index (χ0) is 27.3. The topological polar surface area (TPSA) is 107 Å². The third-order valence-electron chi connectivity index (χ3n) is 6.99. The molecule has 1 N–H and O–H groups in total. The van der Waals surface area contributed by atoms with Crippen LogP contribution in [0.4, 0.5) is 0 Å². The van der Waals surface area contributed by atoms with Crippen LogP contribution < -0.4 is 19.8 Å². The Labute approximate surface area is 231 Å². The van der Waals surface area contributed by atoms with Crippen LogP contribution in [0.5, 0.6) is 17.2 Å². The highest BCUT2D eigenvalue weighted by molar-refractivity contribution is 5.83. The number of tetrazole rings is 1. The van der Waals surface area contributed by atoms with Gasteiger partial charge in [-0.1, -0.05) is 48.5 Å². The van der Waals surface area contributed by atoms with Crippen molar-refractivity contribution in [2.45, 2.75) is 32.6 Å². The predicted molar refractivity (Wildman–Crippen MR) is 149 cm³/mol. The minimum Gasteiger partial charge on any atom is -0.496 e. The van der Waals surface area contributed by atoms with Crippen LogP contribution in [0, 0.1) is 0 Å². The summed E-state index contributed by atoms with van der Waals surface area (Å²) >= 11 is 0. The molecule has 5 aromatic rings. The number of ether oxygens (including phenoxy) is 3. The summed E-state index contributed by atoms with van der Waals surface area (Å²) in [6.45, 7) is 3.00. The number of aromatic amines is 1. The van der Waals surface area contributed by atoms with Crippen LogP contribution in [-0.4, -0.2) is 50.4 Å². The molecule has 0 amide bonds. The maximum Gasteiger partial charge on any atom is 0.252 e. The van der Waals surface area contributed by atoms with Crippen molar-refractivity contribution < 1.29 is 14.2 Å². The van der Waals surface area contributed by atoms with Gasteiger partial charge in [0.2, 0.25) is 0 Å². The number of pyridine rings is 1. The third-order valence-corrected chi connectivity index (χ3v) is 6.99. The second-order valence-corrected chi connectivity index (χ2v) is 9.72. The summed E-state index contributed by atoms with van der Waals surface area (Å²) in [6.07, 6.45) is 0.811. The lowest BCUT2D eigenvalue weighted by Gasteiger charge is -2.23. The highest BCUT2D eigenvalue weighted by atomic mass is 16.6. The van der Waals surface area contributed by atoms with Crippen LogP contribution in [0.2, 0.25) is 0 Å². The molecular formula is C30H30N6O4. The van der Waals surface area contributed by atoms with E-state index in [-0.39, 0.29) is 5.56 Å². The van der Waals surface area contributed by atoms with Crippen molar-refractivity contribution in [2.75, 3.05) is 20.3 Å². The van der Waals surface area contributed by atoms with Crippen LogP contribution in [0.1, 0.15) is 22.5 Å². The van der Waals surface area contributed by atoms with Crippen LogP contribution in [0.3, 0.4) is 0 Å². The summed E-state index contributed by atoms with van der Waals surface area (Å²) in [5.74, 6) is 2.83. The Kier molecular flexibility index (Phi) is 7.41. The Hall–Kier alpha value is -4.70. The molecule has 0 saturated heterocycles. The Bertz CT molecular complexity index is 1670. The number of rotatable bonds is 10. The highest BCUT2D eigenvalue weighted by Gasteiger charge is 2.19.